The molecule has 2 aromatic rings. The zero-order valence-corrected chi connectivity index (χ0v) is 8.82. The molecule has 1 aromatic heterocycles. The van der Waals surface area contributed by atoms with E-state index >= 15 is 0 Å². The van der Waals surface area contributed by atoms with Gasteiger partial charge < -0.3 is 4.74 Å². The maximum Gasteiger partial charge on any atom is 0.153 e. The Kier molecular flexibility index (Phi) is 2.83. The van der Waals surface area contributed by atoms with Gasteiger partial charge in [-0.2, -0.15) is 0 Å². The van der Waals surface area contributed by atoms with Crippen LogP contribution < -0.4 is 0 Å². The molecule has 68 valence electrons. The van der Waals surface area contributed by atoms with Gasteiger partial charge in [0, 0.05) is 7.11 Å². The Morgan fingerprint density at radius 3 is 3.08 bits per heavy atom. The molecule has 1 aromatic carbocycles. The van der Waals surface area contributed by atoms with Gasteiger partial charge in [0.1, 0.15) is 0 Å². The molecule has 0 N–H and O–H groups in total. The van der Waals surface area contributed by atoms with E-state index in [1.807, 2.05) is 18.2 Å². The van der Waals surface area contributed by atoms with Crippen LogP contribution in [0.15, 0.2) is 28.6 Å². The third-order valence-corrected chi connectivity index (χ3v) is 3.70. The molecule has 0 aliphatic heterocycles. The molecule has 0 atom stereocenters. The average molecular weight is 211 g/mol. The number of rotatable bonds is 3. The van der Waals surface area contributed by atoms with Gasteiger partial charge >= 0.3 is 0 Å². The second-order valence-corrected chi connectivity index (χ2v) is 4.70. The smallest absolute Gasteiger partial charge is 0.153 e. The minimum absolute atomic E-state index is 0.666. The van der Waals surface area contributed by atoms with E-state index in [9.17, 15) is 0 Å². The molecule has 0 aliphatic carbocycles. The molecule has 4 heteroatoms. The molecule has 13 heavy (non-hydrogen) atoms. The molecular weight excluding hydrogens is 202 g/mol. The molecular formula is C9H9NOS2. The van der Waals surface area contributed by atoms with Crippen LogP contribution in [0.1, 0.15) is 0 Å². The second-order valence-electron chi connectivity index (χ2n) is 2.50. The normalized spacial score (nSPS) is 10.8. The van der Waals surface area contributed by atoms with E-state index in [0.717, 1.165) is 9.86 Å². The van der Waals surface area contributed by atoms with Crippen molar-refractivity contribution >= 4 is 33.3 Å². The number of thioether (sulfide) groups is 1. The number of methoxy groups -OCH3 is 1. The maximum absolute atomic E-state index is 4.97. The van der Waals surface area contributed by atoms with Crippen molar-refractivity contribution in [2.24, 2.45) is 0 Å². The van der Waals surface area contributed by atoms with Gasteiger partial charge in [-0.25, -0.2) is 4.98 Å². The van der Waals surface area contributed by atoms with Crippen LogP contribution in [0.25, 0.3) is 10.2 Å². The highest BCUT2D eigenvalue weighted by atomic mass is 32.2. The first-order chi connectivity index (χ1) is 6.40. The van der Waals surface area contributed by atoms with E-state index in [1.54, 1.807) is 30.2 Å². The largest absolute Gasteiger partial charge is 0.374 e. The van der Waals surface area contributed by atoms with Crippen LogP contribution in [0, 0.1) is 0 Å². The SMILES string of the molecule is COCSc1nc2ccccc2s1. The van der Waals surface area contributed by atoms with Crippen molar-refractivity contribution in [1.29, 1.82) is 0 Å². The van der Waals surface area contributed by atoms with Crippen LogP contribution in [0.2, 0.25) is 0 Å². The van der Waals surface area contributed by atoms with Crippen LogP contribution in [-0.4, -0.2) is 18.0 Å². The van der Waals surface area contributed by atoms with Crippen molar-refractivity contribution in [3.8, 4) is 0 Å². The molecule has 0 spiro atoms. The van der Waals surface area contributed by atoms with Crippen molar-refractivity contribution in [2.75, 3.05) is 13.0 Å². The Bertz CT molecular complexity index is 366. The number of benzene rings is 1. The summed E-state index contributed by atoms with van der Waals surface area (Å²) in [5.74, 6) is 0.666. The van der Waals surface area contributed by atoms with Gasteiger partial charge in [-0.3, -0.25) is 0 Å². The maximum atomic E-state index is 4.97. The average Bonchev–Trinajstić information content (AvgIpc) is 2.57. The molecule has 2 rings (SSSR count). The van der Waals surface area contributed by atoms with Gasteiger partial charge in [-0.05, 0) is 12.1 Å². The zero-order chi connectivity index (χ0) is 9.10. The topological polar surface area (TPSA) is 22.1 Å². The van der Waals surface area contributed by atoms with E-state index in [2.05, 4.69) is 11.1 Å². The molecule has 0 bridgehead atoms. The standard InChI is InChI=1S/C9H9NOS2/c1-11-6-12-9-10-7-4-2-3-5-8(7)13-9/h2-5H,6H2,1H3. The first kappa shape index (κ1) is 8.99. The van der Waals surface area contributed by atoms with Gasteiger partial charge in [0.15, 0.2) is 4.34 Å². The first-order valence-corrected chi connectivity index (χ1v) is 5.67. The fourth-order valence-corrected chi connectivity index (χ4v) is 2.75. The quantitative estimate of drug-likeness (QED) is 0.575. The summed E-state index contributed by atoms with van der Waals surface area (Å²) in [6.07, 6.45) is 0. The number of para-hydroxylation sites is 1. The minimum Gasteiger partial charge on any atom is -0.374 e. The van der Waals surface area contributed by atoms with Crippen molar-refractivity contribution in [2.45, 2.75) is 4.34 Å². The number of ether oxygens (including phenoxy) is 1. The molecule has 0 saturated carbocycles. The lowest BCUT2D eigenvalue weighted by Gasteiger charge is -1.91. The molecule has 0 saturated heterocycles. The van der Waals surface area contributed by atoms with Crippen LogP contribution >= 0.6 is 23.1 Å². The van der Waals surface area contributed by atoms with E-state index in [1.165, 1.54) is 4.70 Å². The monoisotopic (exact) mass is 211 g/mol. The Balaban J connectivity index is 2.28. The van der Waals surface area contributed by atoms with Crippen LogP contribution in [0.3, 0.4) is 0 Å². The minimum atomic E-state index is 0.666. The van der Waals surface area contributed by atoms with Crippen molar-refractivity contribution < 1.29 is 4.74 Å². The zero-order valence-electron chi connectivity index (χ0n) is 7.19. The summed E-state index contributed by atoms with van der Waals surface area (Å²) < 4.78 is 7.28. The molecule has 0 radical (unpaired) electrons. The van der Waals surface area contributed by atoms with Crippen LogP contribution in [0.5, 0.6) is 0 Å². The van der Waals surface area contributed by atoms with Gasteiger partial charge in [-0.15, -0.1) is 11.3 Å². The fourth-order valence-electron chi connectivity index (χ4n) is 1.02. The third kappa shape index (κ3) is 2.02. The van der Waals surface area contributed by atoms with Gasteiger partial charge in [0.2, 0.25) is 0 Å². The summed E-state index contributed by atoms with van der Waals surface area (Å²) in [4.78, 5) is 4.45. The first-order valence-electron chi connectivity index (χ1n) is 3.87. The predicted molar refractivity (Wildman–Crippen MR) is 57.4 cm³/mol. The number of hydrogen-bond donors (Lipinski definition) is 0. The summed E-state index contributed by atoms with van der Waals surface area (Å²) in [7, 11) is 1.69. The second kappa shape index (κ2) is 4.09. The third-order valence-electron chi connectivity index (χ3n) is 1.57. The molecule has 1 heterocycles. The van der Waals surface area contributed by atoms with E-state index < -0.39 is 0 Å². The lowest BCUT2D eigenvalue weighted by molar-refractivity contribution is 0.259. The summed E-state index contributed by atoms with van der Waals surface area (Å²) in [6, 6.07) is 8.16. The molecule has 0 amide bonds. The van der Waals surface area contributed by atoms with E-state index in [4.69, 9.17) is 4.74 Å². The van der Waals surface area contributed by atoms with E-state index in [0.29, 0.717) is 5.94 Å². The number of thiazole rings is 1. The Hall–Kier alpha value is -0.580. The predicted octanol–water partition coefficient (Wildman–Crippen LogP) is 2.99. The Morgan fingerprint density at radius 2 is 2.31 bits per heavy atom. The number of fused-ring (bicyclic) bond motifs is 1. The lowest BCUT2D eigenvalue weighted by atomic mass is 10.3. The fraction of sp³-hybridized carbons (Fsp3) is 0.222. The molecule has 0 fully saturated rings. The highest BCUT2D eigenvalue weighted by Crippen LogP contribution is 2.28. The van der Waals surface area contributed by atoms with Gasteiger partial charge in [-0.1, -0.05) is 23.9 Å². The van der Waals surface area contributed by atoms with Crippen molar-refractivity contribution in [3.05, 3.63) is 24.3 Å². The molecule has 0 aliphatic rings. The number of nitrogens with zero attached hydrogens (tertiary/aromatic N) is 1. The van der Waals surface area contributed by atoms with Crippen LogP contribution in [0.4, 0.5) is 0 Å². The van der Waals surface area contributed by atoms with E-state index in [-0.39, 0.29) is 0 Å². The summed E-state index contributed by atoms with van der Waals surface area (Å²) in [5.41, 5.74) is 1.08. The summed E-state index contributed by atoms with van der Waals surface area (Å²) in [5, 5.41) is 0. The van der Waals surface area contributed by atoms with Gasteiger partial charge in [0.05, 0.1) is 16.2 Å². The van der Waals surface area contributed by atoms with Crippen LogP contribution in [-0.2, 0) is 4.74 Å². The Morgan fingerprint density at radius 1 is 1.46 bits per heavy atom. The molecule has 2 nitrogen and oxygen atoms in total. The number of hydrogen-bond acceptors (Lipinski definition) is 4. The van der Waals surface area contributed by atoms with Gasteiger partial charge in [0.25, 0.3) is 0 Å². The highest BCUT2D eigenvalue weighted by molar-refractivity contribution is 8.01. The number of aromatic nitrogens is 1. The molecule has 0 unspecified atom stereocenters. The Labute approximate surface area is 84.9 Å². The summed E-state index contributed by atoms with van der Waals surface area (Å²) in [6.45, 7) is 0. The van der Waals surface area contributed by atoms with Crippen molar-refractivity contribution in [3.63, 3.8) is 0 Å². The summed E-state index contributed by atoms with van der Waals surface area (Å²) >= 11 is 3.34. The van der Waals surface area contributed by atoms with Crippen molar-refractivity contribution in [1.82, 2.24) is 4.98 Å². The lowest BCUT2D eigenvalue weighted by Crippen LogP contribution is -1.79. The highest BCUT2D eigenvalue weighted by Gasteiger charge is 2.02.